The predicted molar refractivity (Wildman–Crippen MR) is 172 cm³/mol. The normalized spacial score (nSPS) is 8.43. The molecule has 42 heavy (non-hydrogen) atoms. The minimum Gasteiger partial charge on any atom is -0.463 e. The van der Waals surface area contributed by atoms with Crippen molar-refractivity contribution in [2.45, 2.75) is 67.2 Å². The van der Waals surface area contributed by atoms with Gasteiger partial charge < -0.3 is 18.9 Å². The standard InChI is InChI=1S/C8H14O2.C8H8.C7H12O2.C6H10O2.C5H8O2/c1-4-5-6-10-8(9)7(2)3;1-2-8-6-4-3-5-7-8;1-3-5-6-9-7(8)4-2;1-4-8-6(7)5(2)3;1-3-5(6)7-4-2/h2,4-6H2,1,3H3;2-7H,1H2;4H,2-3,5-6H2,1H3;2,4H2,1,3H3;3H,1,4H2,2H3. The van der Waals surface area contributed by atoms with Gasteiger partial charge in [-0.05, 0) is 46.1 Å². The summed E-state index contributed by atoms with van der Waals surface area (Å²) in [5.74, 6) is -1.29. The Kier molecular flexibility index (Phi) is 37.2. The quantitative estimate of drug-likeness (QED) is 0.100. The first-order valence-corrected chi connectivity index (χ1v) is 13.8. The Hall–Kier alpha value is -4.20. The molecule has 0 saturated carbocycles. The van der Waals surface area contributed by atoms with Gasteiger partial charge in [-0.2, -0.15) is 0 Å². The number of benzene rings is 1. The summed E-state index contributed by atoms with van der Waals surface area (Å²) in [4.78, 5) is 41.5. The second-order valence-electron chi connectivity index (χ2n) is 8.07. The summed E-state index contributed by atoms with van der Waals surface area (Å²) in [6.45, 7) is 29.7. The molecule has 0 atom stereocenters. The van der Waals surface area contributed by atoms with E-state index in [0.717, 1.165) is 31.8 Å². The Morgan fingerprint density at radius 1 is 0.643 bits per heavy atom. The van der Waals surface area contributed by atoms with Crippen molar-refractivity contribution in [2.75, 3.05) is 26.4 Å². The highest BCUT2D eigenvalue weighted by molar-refractivity contribution is 5.87. The molecule has 0 aromatic heterocycles. The lowest BCUT2D eigenvalue weighted by Crippen LogP contribution is -2.05. The third kappa shape index (κ3) is 37.9. The van der Waals surface area contributed by atoms with Crippen LogP contribution in [0.3, 0.4) is 0 Å². The van der Waals surface area contributed by atoms with Gasteiger partial charge in [0.05, 0.1) is 26.4 Å². The SMILES string of the molecule is C=C(C)C(=O)OCC.C=C(C)C(=O)OCCCC.C=CC(=O)OCC.C=CC(=O)OCCCC.C=Cc1ccccc1. The highest BCUT2D eigenvalue weighted by Crippen LogP contribution is 1.97. The van der Waals surface area contributed by atoms with Gasteiger partial charge in [-0.25, -0.2) is 19.2 Å². The van der Waals surface area contributed by atoms with Gasteiger partial charge in [0.1, 0.15) is 0 Å². The van der Waals surface area contributed by atoms with Crippen molar-refractivity contribution in [3.63, 3.8) is 0 Å². The molecule has 236 valence electrons. The lowest BCUT2D eigenvalue weighted by Gasteiger charge is -2.01. The van der Waals surface area contributed by atoms with Crippen molar-refractivity contribution in [3.8, 4) is 0 Å². The number of hydrogen-bond acceptors (Lipinski definition) is 8. The number of esters is 4. The van der Waals surface area contributed by atoms with Gasteiger partial charge in [0.15, 0.2) is 0 Å². The van der Waals surface area contributed by atoms with Gasteiger partial charge in [0.2, 0.25) is 0 Å². The molecule has 0 heterocycles. The number of rotatable bonds is 13. The molecule has 0 aliphatic carbocycles. The molecule has 0 N–H and O–H groups in total. The molecule has 0 aliphatic rings. The van der Waals surface area contributed by atoms with Crippen LogP contribution in [0.4, 0.5) is 0 Å². The van der Waals surface area contributed by atoms with Crippen molar-refractivity contribution in [1.82, 2.24) is 0 Å². The van der Waals surface area contributed by atoms with Gasteiger partial charge in [0.25, 0.3) is 0 Å². The van der Waals surface area contributed by atoms with Crippen molar-refractivity contribution in [3.05, 3.63) is 92.1 Å². The Morgan fingerprint density at radius 3 is 1.33 bits per heavy atom. The number of unbranched alkanes of at least 4 members (excludes halogenated alkanes) is 2. The van der Waals surface area contributed by atoms with Gasteiger partial charge >= 0.3 is 23.9 Å². The van der Waals surface area contributed by atoms with Crippen LogP contribution in [-0.2, 0) is 38.1 Å². The Morgan fingerprint density at radius 2 is 1.05 bits per heavy atom. The van der Waals surface area contributed by atoms with Crippen LogP contribution in [0.25, 0.3) is 6.08 Å². The summed E-state index contributed by atoms with van der Waals surface area (Å²) < 4.78 is 18.5. The topological polar surface area (TPSA) is 105 Å². The monoisotopic (exact) mass is 588 g/mol. The molecular weight excluding hydrogens is 536 g/mol. The molecule has 0 spiro atoms. The molecule has 1 rings (SSSR count). The third-order valence-corrected chi connectivity index (χ3v) is 4.10. The lowest BCUT2D eigenvalue weighted by molar-refractivity contribution is -0.139. The zero-order valence-electron chi connectivity index (χ0n) is 26.6. The number of carbonyl (C=O) groups excluding carboxylic acids is 4. The number of carbonyl (C=O) groups is 4. The van der Waals surface area contributed by atoms with Gasteiger partial charge in [-0.3, -0.25) is 0 Å². The van der Waals surface area contributed by atoms with Crippen molar-refractivity contribution >= 4 is 30.0 Å². The Balaban J connectivity index is -0.000000216. The molecule has 8 nitrogen and oxygen atoms in total. The van der Waals surface area contributed by atoms with Crippen molar-refractivity contribution in [1.29, 1.82) is 0 Å². The lowest BCUT2D eigenvalue weighted by atomic mass is 10.2. The van der Waals surface area contributed by atoms with Gasteiger partial charge in [-0.15, -0.1) is 0 Å². The van der Waals surface area contributed by atoms with Crippen LogP contribution in [0.2, 0.25) is 0 Å². The molecule has 0 amide bonds. The Bertz CT molecular complexity index is 917. The van der Waals surface area contributed by atoms with Crippen molar-refractivity contribution < 1.29 is 38.1 Å². The third-order valence-electron chi connectivity index (χ3n) is 4.10. The van der Waals surface area contributed by atoms with E-state index < -0.39 is 0 Å². The fraction of sp³-hybridized carbons (Fsp3) is 0.412. The zero-order valence-corrected chi connectivity index (χ0v) is 26.6. The smallest absolute Gasteiger partial charge is 0.333 e. The zero-order chi connectivity index (χ0) is 33.2. The fourth-order valence-electron chi connectivity index (χ4n) is 1.85. The van der Waals surface area contributed by atoms with Crippen LogP contribution in [0.1, 0.15) is 72.8 Å². The fourth-order valence-corrected chi connectivity index (χ4v) is 1.85. The highest BCUT2D eigenvalue weighted by atomic mass is 16.5. The van der Waals surface area contributed by atoms with Gasteiger partial charge in [-0.1, -0.05) is 96.0 Å². The van der Waals surface area contributed by atoms with Crippen LogP contribution in [0, 0.1) is 0 Å². The number of hydrogen-bond donors (Lipinski definition) is 0. The summed E-state index contributed by atoms with van der Waals surface area (Å²) in [5.41, 5.74) is 2.09. The minimum atomic E-state index is -0.359. The van der Waals surface area contributed by atoms with E-state index in [1.807, 2.05) is 43.3 Å². The van der Waals surface area contributed by atoms with E-state index >= 15 is 0 Å². The molecule has 0 saturated heterocycles. The summed E-state index contributed by atoms with van der Waals surface area (Å²) in [7, 11) is 0. The maximum Gasteiger partial charge on any atom is 0.333 e. The maximum absolute atomic E-state index is 10.7. The molecule has 1 aromatic carbocycles. The summed E-state index contributed by atoms with van der Waals surface area (Å²) in [5, 5.41) is 0. The summed E-state index contributed by atoms with van der Waals surface area (Å²) in [6, 6.07) is 10.0. The van der Waals surface area contributed by atoms with Crippen LogP contribution in [0.15, 0.2) is 86.5 Å². The van der Waals surface area contributed by atoms with Crippen LogP contribution in [0.5, 0.6) is 0 Å². The average Bonchev–Trinajstić information content (AvgIpc) is 2.99. The molecule has 0 fully saturated rings. The van der Waals surface area contributed by atoms with E-state index in [2.05, 4.69) is 54.0 Å². The van der Waals surface area contributed by atoms with E-state index in [9.17, 15) is 19.2 Å². The molecule has 1 aromatic rings. The van der Waals surface area contributed by atoms with Gasteiger partial charge in [0, 0.05) is 23.3 Å². The average molecular weight is 589 g/mol. The molecule has 8 heteroatoms. The first-order chi connectivity index (χ1) is 19.9. The van der Waals surface area contributed by atoms with Crippen LogP contribution in [-0.4, -0.2) is 50.3 Å². The molecule has 0 aliphatic heterocycles. The van der Waals surface area contributed by atoms with E-state index in [1.54, 1.807) is 27.7 Å². The molecular formula is C34H52O8. The van der Waals surface area contributed by atoms with E-state index in [4.69, 9.17) is 4.74 Å². The molecule has 0 radical (unpaired) electrons. The summed E-state index contributed by atoms with van der Waals surface area (Å²) in [6.07, 6.45) is 8.10. The van der Waals surface area contributed by atoms with Crippen LogP contribution >= 0.6 is 0 Å². The second kappa shape index (κ2) is 34.8. The first kappa shape index (κ1) is 44.8. The second-order valence-corrected chi connectivity index (χ2v) is 8.07. The Labute approximate surface area is 253 Å². The van der Waals surface area contributed by atoms with Crippen LogP contribution < -0.4 is 0 Å². The number of ether oxygens (including phenoxy) is 4. The minimum absolute atomic E-state index is 0.284. The van der Waals surface area contributed by atoms with E-state index in [0.29, 0.717) is 37.6 Å². The maximum atomic E-state index is 10.7. The molecule has 0 unspecified atom stereocenters. The molecule has 0 bridgehead atoms. The van der Waals surface area contributed by atoms with E-state index in [1.165, 1.54) is 11.6 Å². The summed E-state index contributed by atoms with van der Waals surface area (Å²) >= 11 is 0. The van der Waals surface area contributed by atoms with E-state index in [-0.39, 0.29) is 23.9 Å². The largest absolute Gasteiger partial charge is 0.463 e. The van der Waals surface area contributed by atoms with Crippen molar-refractivity contribution in [2.24, 2.45) is 0 Å². The first-order valence-electron chi connectivity index (χ1n) is 13.8. The predicted octanol–water partition coefficient (Wildman–Crippen LogP) is 7.61. The highest BCUT2D eigenvalue weighted by Gasteiger charge is 2.00.